The van der Waals surface area contributed by atoms with Crippen LogP contribution in [0.5, 0.6) is 0 Å². The van der Waals surface area contributed by atoms with Gasteiger partial charge in [0.15, 0.2) is 0 Å². The molecule has 21 heavy (non-hydrogen) atoms. The lowest BCUT2D eigenvalue weighted by Gasteiger charge is -2.20. The average Bonchev–Trinajstić information content (AvgIpc) is 2.81. The Balaban J connectivity index is 2.10. The van der Waals surface area contributed by atoms with E-state index in [0.29, 0.717) is 17.7 Å². The lowest BCUT2D eigenvalue weighted by molar-refractivity contribution is 0.0761. The molecule has 1 aliphatic rings. The van der Waals surface area contributed by atoms with Crippen molar-refractivity contribution in [2.24, 2.45) is 0 Å². The molecule has 1 aliphatic heterocycles. The molecule has 4 heteroatoms. The summed E-state index contributed by atoms with van der Waals surface area (Å²) in [6.45, 7) is 5.61. The van der Waals surface area contributed by atoms with Crippen LogP contribution in [0.4, 0.5) is 0 Å². The van der Waals surface area contributed by atoms with Gasteiger partial charge in [-0.15, -0.1) is 6.58 Å². The fourth-order valence-corrected chi connectivity index (χ4v) is 2.52. The second-order valence-corrected chi connectivity index (χ2v) is 5.29. The third-order valence-electron chi connectivity index (χ3n) is 3.67. The maximum absolute atomic E-state index is 12.5. The zero-order chi connectivity index (χ0) is 15.1. The summed E-state index contributed by atoms with van der Waals surface area (Å²) in [4.78, 5) is 26.3. The van der Waals surface area contributed by atoms with E-state index in [9.17, 15) is 9.59 Å². The van der Waals surface area contributed by atoms with Crippen LogP contribution in [0, 0.1) is 0 Å². The first kappa shape index (κ1) is 15.3. The van der Waals surface area contributed by atoms with Crippen LogP contribution in [0.1, 0.15) is 46.4 Å². The van der Waals surface area contributed by atoms with E-state index < -0.39 is 0 Å². The molecule has 1 fully saturated rings. The molecule has 1 aromatic carbocycles. The van der Waals surface area contributed by atoms with E-state index >= 15 is 0 Å². The van der Waals surface area contributed by atoms with Crippen molar-refractivity contribution in [1.29, 1.82) is 0 Å². The lowest BCUT2D eigenvalue weighted by atomic mass is 10.1. The van der Waals surface area contributed by atoms with Gasteiger partial charge in [0.1, 0.15) is 0 Å². The van der Waals surface area contributed by atoms with E-state index in [1.54, 1.807) is 30.3 Å². The van der Waals surface area contributed by atoms with E-state index in [2.05, 4.69) is 11.9 Å². The Morgan fingerprint density at radius 3 is 2.48 bits per heavy atom. The number of hydrogen-bond donors (Lipinski definition) is 1. The smallest absolute Gasteiger partial charge is 0.253 e. The predicted molar refractivity (Wildman–Crippen MR) is 83.3 cm³/mol. The Labute approximate surface area is 125 Å². The minimum atomic E-state index is -0.180. The van der Waals surface area contributed by atoms with Gasteiger partial charge in [-0.3, -0.25) is 9.59 Å². The van der Waals surface area contributed by atoms with Gasteiger partial charge in [0, 0.05) is 30.8 Å². The summed E-state index contributed by atoms with van der Waals surface area (Å²) in [6, 6.07) is 6.93. The summed E-state index contributed by atoms with van der Waals surface area (Å²) < 4.78 is 0. The van der Waals surface area contributed by atoms with Crippen LogP contribution in [-0.4, -0.2) is 36.3 Å². The first-order valence-electron chi connectivity index (χ1n) is 7.51. The highest BCUT2D eigenvalue weighted by Crippen LogP contribution is 2.14. The first-order valence-corrected chi connectivity index (χ1v) is 7.51. The van der Waals surface area contributed by atoms with Crippen LogP contribution < -0.4 is 5.32 Å². The van der Waals surface area contributed by atoms with Crippen LogP contribution in [-0.2, 0) is 0 Å². The number of carbonyl (C=O) groups excluding carboxylic acids is 2. The monoisotopic (exact) mass is 286 g/mol. The van der Waals surface area contributed by atoms with Crippen LogP contribution >= 0.6 is 0 Å². The minimum absolute atomic E-state index is 0.0234. The van der Waals surface area contributed by atoms with E-state index in [-0.39, 0.29) is 11.8 Å². The standard InChI is InChI=1S/C17H22N2O2/c1-2-10-18-16(20)14-8-7-9-15(13-14)17(21)19-11-5-3-4-6-12-19/h2,7-9,13H,1,3-6,10-12H2,(H,18,20). The molecule has 112 valence electrons. The molecule has 0 unspecified atom stereocenters. The van der Waals surface area contributed by atoms with E-state index in [0.717, 1.165) is 25.9 Å². The molecule has 0 radical (unpaired) electrons. The number of hydrogen-bond acceptors (Lipinski definition) is 2. The summed E-state index contributed by atoms with van der Waals surface area (Å²) in [5.41, 5.74) is 1.10. The number of rotatable bonds is 4. The van der Waals surface area contributed by atoms with Crippen molar-refractivity contribution in [3.8, 4) is 0 Å². The Morgan fingerprint density at radius 1 is 1.14 bits per heavy atom. The highest BCUT2D eigenvalue weighted by Gasteiger charge is 2.18. The molecular formula is C17H22N2O2. The largest absolute Gasteiger partial charge is 0.349 e. The lowest BCUT2D eigenvalue weighted by Crippen LogP contribution is -2.32. The van der Waals surface area contributed by atoms with Crippen molar-refractivity contribution in [2.45, 2.75) is 25.7 Å². The van der Waals surface area contributed by atoms with Gasteiger partial charge >= 0.3 is 0 Å². The maximum Gasteiger partial charge on any atom is 0.253 e. The van der Waals surface area contributed by atoms with Crippen LogP contribution in [0.3, 0.4) is 0 Å². The normalized spacial score (nSPS) is 15.1. The highest BCUT2D eigenvalue weighted by atomic mass is 16.2. The van der Waals surface area contributed by atoms with Crippen molar-refractivity contribution in [3.63, 3.8) is 0 Å². The number of nitrogens with zero attached hydrogens (tertiary/aromatic N) is 1. The average molecular weight is 286 g/mol. The van der Waals surface area contributed by atoms with Gasteiger partial charge in [-0.25, -0.2) is 0 Å². The van der Waals surface area contributed by atoms with Crippen molar-refractivity contribution in [1.82, 2.24) is 10.2 Å². The topological polar surface area (TPSA) is 49.4 Å². The summed E-state index contributed by atoms with van der Waals surface area (Å²) in [5.74, 6) is -0.157. The SMILES string of the molecule is C=CCNC(=O)c1cccc(C(=O)N2CCCCCC2)c1. The van der Waals surface area contributed by atoms with Gasteiger partial charge < -0.3 is 10.2 Å². The van der Waals surface area contributed by atoms with E-state index in [4.69, 9.17) is 0 Å². The van der Waals surface area contributed by atoms with E-state index in [1.807, 2.05) is 4.90 Å². The molecular weight excluding hydrogens is 264 g/mol. The zero-order valence-electron chi connectivity index (χ0n) is 12.3. The van der Waals surface area contributed by atoms with Gasteiger partial charge in [-0.1, -0.05) is 25.0 Å². The fourth-order valence-electron chi connectivity index (χ4n) is 2.52. The van der Waals surface area contributed by atoms with Gasteiger partial charge in [0.05, 0.1) is 0 Å². The number of amides is 2. The summed E-state index contributed by atoms with van der Waals surface area (Å²) in [7, 11) is 0. The highest BCUT2D eigenvalue weighted by molar-refractivity contribution is 5.99. The van der Waals surface area contributed by atoms with Crippen molar-refractivity contribution >= 4 is 11.8 Å². The third-order valence-corrected chi connectivity index (χ3v) is 3.67. The number of benzene rings is 1. The van der Waals surface area contributed by atoms with Gasteiger partial charge in [-0.2, -0.15) is 0 Å². The predicted octanol–water partition coefficient (Wildman–Crippen LogP) is 2.62. The molecule has 0 bridgehead atoms. The van der Waals surface area contributed by atoms with Crippen molar-refractivity contribution < 1.29 is 9.59 Å². The quantitative estimate of drug-likeness (QED) is 0.865. The molecule has 1 saturated heterocycles. The number of nitrogens with one attached hydrogen (secondary N) is 1. The number of likely N-dealkylation sites (tertiary alicyclic amines) is 1. The molecule has 0 atom stereocenters. The summed E-state index contributed by atoms with van der Waals surface area (Å²) in [6.07, 6.45) is 6.13. The molecule has 0 spiro atoms. The van der Waals surface area contributed by atoms with Crippen molar-refractivity contribution in [2.75, 3.05) is 19.6 Å². The zero-order valence-corrected chi connectivity index (χ0v) is 12.3. The Kier molecular flexibility index (Phi) is 5.55. The maximum atomic E-state index is 12.5. The minimum Gasteiger partial charge on any atom is -0.349 e. The van der Waals surface area contributed by atoms with Gasteiger partial charge in [0.2, 0.25) is 0 Å². The molecule has 1 N–H and O–H groups in total. The summed E-state index contributed by atoms with van der Waals surface area (Å²) >= 11 is 0. The van der Waals surface area contributed by atoms with Crippen molar-refractivity contribution in [3.05, 3.63) is 48.0 Å². The Morgan fingerprint density at radius 2 is 1.81 bits per heavy atom. The molecule has 4 nitrogen and oxygen atoms in total. The molecule has 1 aromatic rings. The third kappa shape index (κ3) is 4.18. The first-order chi connectivity index (χ1) is 10.2. The molecule has 0 aromatic heterocycles. The summed E-state index contributed by atoms with van der Waals surface area (Å²) in [5, 5.41) is 2.72. The van der Waals surface area contributed by atoms with Gasteiger partial charge in [-0.05, 0) is 31.0 Å². The van der Waals surface area contributed by atoms with Crippen LogP contribution in [0.25, 0.3) is 0 Å². The Bertz CT molecular complexity index is 517. The number of carbonyl (C=O) groups is 2. The van der Waals surface area contributed by atoms with Crippen LogP contribution in [0.15, 0.2) is 36.9 Å². The van der Waals surface area contributed by atoms with E-state index in [1.165, 1.54) is 12.8 Å². The van der Waals surface area contributed by atoms with Crippen LogP contribution in [0.2, 0.25) is 0 Å². The second kappa shape index (κ2) is 7.62. The fraction of sp³-hybridized carbons (Fsp3) is 0.412. The molecule has 1 heterocycles. The molecule has 0 aliphatic carbocycles. The molecule has 2 amide bonds. The van der Waals surface area contributed by atoms with Gasteiger partial charge in [0.25, 0.3) is 11.8 Å². The Hall–Kier alpha value is -2.10. The molecule has 2 rings (SSSR count). The molecule has 0 saturated carbocycles. The second-order valence-electron chi connectivity index (χ2n) is 5.29.